The Morgan fingerprint density at radius 3 is 2.30 bits per heavy atom. The van der Waals surface area contributed by atoms with Crippen LogP contribution in [-0.2, 0) is 25.6 Å². The molecule has 13 nitrogen and oxygen atoms in total. The largest absolute Gasteiger partial charge is 0.480 e. The van der Waals surface area contributed by atoms with Crippen molar-refractivity contribution in [2.75, 3.05) is 12.3 Å². The monoisotopic (exact) mass is 487 g/mol. The molecule has 10 N–H and O–H groups in total. The first-order valence-corrected chi connectivity index (χ1v) is 11.1. The van der Waals surface area contributed by atoms with Gasteiger partial charge < -0.3 is 42.6 Å². The third-order valence-electron chi connectivity index (χ3n) is 4.77. The van der Waals surface area contributed by atoms with E-state index in [0.29, 0.717) is 25.1 Å². The molecule has 3 amide bonds. The molecule has 5 atom stereocenters. The molecule has 0 fully saturated rings. The number of aliphatic hydroxyl groups excluding tert-OH is 1. The third-order valence-corrected chi connectivity index (χ3v) is 5.14. The summed E-state index contributed by atoms with van der Waals surface area (Å²) in [4.78, 5) is 55.6. The molecule has 1 heterocycles. The molecule has 5 unspecified atom stereocenters. The Balaban J connectivity index is 2.74. The van der Waals surface area contributed by atoms with E-state index in [9.17, 15) is 29.4 Å². The lowest BCUT2D eigenvalue weighted by molar-refractivity contribution is -0.142. The fourth-order valence-electron chi connectivity index (χ4n) is 2.87. The number of nitrogens with one attached hydrogen (secondary N) is 4. The lowest BCUT2D eigenvalue weighted by atomic mass is 10.1. The van der Waals surface area contributed by atoms with Gasteiger partial charge in [-0.25, -0.2) is 9.78 Å². The van der Waals surface area contributed by atoms with E-state index < -0.39 is 54.0 Å². The molecule has 1 aromatic heterocycles. The van der Waals surface area contributed by atoms with Gasteiger partial charge >= 0.3 is 5.97 Å². The molecule has 0 radical (unpaired) electrons. The Kier molecular flexibility index (Phi) is 12.4. The van der Waals surface area contributed by atoms with Gasteiger partial charge in [-0.2, -0.15) is 12.6 Å². The fraction of sp³-hybridized carbons (Fsp3) is 0.632. The number of aromatic amines is 1. The highest BCUT2D eigenvalue weighted by molar-refractivity contribution is 7.80. The molecule has 0 bridgehead atoms. The number of aliphatic hydroxyl groups is 1. The number of nitrogens with two attached hydrogens (primary N) is 2. The minimum absolute atomic E-state index is 0.127. The maximum Gasteiger partial charge on any atom is 0.326 e. The van der Waals surface area contributed by atoms with Crippen LogP contribution in [0.5, 0.6) is 0 Å². The Morgan fingerprint density at radius 1 is 1.12 bits per heavy atom. The fourth-order valence-corrected chi connectivity index (χ4v) is 3.13. The number of carboxylic acid groups (broad SMARTS) is 1. The van der Waals surface area contributed by atoms with Crippen LogP contribution < -0.4 is 27.4 Å². The Hall–Kier alpha value is -2.68. The summed E-state index contributed by atoms with van der Waals surface area (Å²) in [5.74, 6) is -3.67. The number of aliphatic carboxylic acids is 1. The van der Waals surface area contributed by atoms with E-state index in [1.54, 1.807) is 0 Å². The van der Waals surface area contributed by atoms with Crippen LogP contribution in [0, 0.1) is 0 Å². The molecule has 1 rings (SSSR count). The molecule has 0 aliphatic heterocycles. The SMILES string of the molecule is CC(O)C(NC(=O)C(N)Cc1cnc[nH]1)C(=O)NC(CS)C(=O)NC(CCCCN)C(=O)O. The van der Waals surface area contributed by atoms with Gasteiger partial charge in [-0.05, 0) is 32.7 Å². The van der Waals surface area contributed by atoms with Gasteiger partial charge in [0.15, 0.2) is 0 Å². The summed E-state index contributed by atoms with van der Waals surface area (Å²) in [7, 11) is 0. The highest BCUT2D eigenvalue weighted by atomic mass is 32.1. The van der Waals surface area contributed by atoms with Crippen molar-refractivity contribution in [1.82, 2.24) is 25.9 Å². The molecule has 0 saturated carbocycles. The number of hydrogen-bond acceptors (Lipinski definition) is 9. The molecule has 33 heavy (non-hydrogen) atoms. The molecule has 186 valence electrons. The normalized spacial score (nSPS) is 15.5. The maximum absolute atomic E-state index is 12.7. The summed E-state index contributed by atoms with van der Waals surface area (Å²) in [6.45, 7) is 1.69. The number of rotatable bonds is 15. The maximum atomic E-state index is 12.7. The summed E-state index contributed by atoms with van der Waals surface area (Å²) >= 11 is 4.04. The molecule has 0 aliphatic rings. The van der Waals surface area contributed by atoms with Crippen molar-refractivity contribution in [2.24, 2.45) is 11.5 Å². The van der Waals surface area contributed by atoms with Crippen molar-refractivity contribution in [1.29, 1.82) is 0 Å². The predicted molar refractivity (Wildman–Crippen MR) is 122 cm³/mol. The van der Waals surface area contributed by atoms with Gasteiger partial charge in [0.25, 0.3) is 0 Å². The van der Waals surface area contributed by atoms with Gasteiger partial charge in [-0.15, -0.1) is 0 Å². The second-order valence-corrected chi connectivity index (χ2v) is 7.91. The minimum Gasteiger partial charge on any atom is -0.480 e. The average molecular weight is 488 g/mol. The van der Waals surface area contributed by atoms with Crippen LogP contribution in [0.4, 0.5) is 0 Å². The minimum atomic E-state index is -1.40. The number of carbonyl (C=O) groups is 4. The number of unbranched alkanes of at least 4 members (excludes halogenated alkanes) is 1. The van der Waals surface area contributed by atoms with E-state index in [0.717, 1.165) is 0 Å². The number of hydrogen-bond donors (Lipinski definition) is 9. The van der Waals surface area contributed by atoms with Crippen LogP contribution in [0.25, 0.3) is 0 Å². The number of thiol groups is 1. The highest BCUT2D eigenvalue weighted by Crippen LogP contribution is 2.04. The zero-order valence-corrected chi connectivity index (χ0v) is 19.3. The zero-order valence-electron chi connectivity index (χ0n) is 18.4. The molecule has 0 aromatic carbocycles. The van der Waals surface area contributed by atoms with Gasteiger partial charge in [0.1, 0.15) is 18.1 Å². The van der Waals surface area contributed by atoms with Crippen LogP contribution >= 0.6 is 12.6 Å². The molecular formula is C19H33N7O6S. The van der Waals surface area contributed by atoms with Crippen molar-refractivity contribution in [2.45, 2.75) is 62.9 Å². The molecule has 0 aliphatic carbocycles. The summed E-state index contributed by atoms with van der Waals surface area (Å²) in [5.41, 5.74) is 11.9. The summed E-state index contributed by atoms with van der Waals surface area (Å²) < 4.78 is 0. The predicted octanol–water partition coefficient (Wildman–Crippen LogP) is -2.74. The van der Waals surface area contributed by atoms with Gasteiger partial charge in [-0.3, -0.25) is 14.4 Å². The Labute approximate surface area is 196 Å². The van der Waals surface area contributed by atoms with Crippen LogP contribution in [0.3, 0.4) is 0 Å². The lowest BCUT2D eigenvalue weighted by Gasteiger charge is -2.25. The van der Waals surface area contributed by atoms with Gasteiger partial charge in [-0.1, -0.05) is 0 Å². The number of imidazole rings is 1. The number of amides is 3. The van der Waals surface area contributed by atoms with Crippen molar-refractivity contribution in [3.05, 3.63) is 18.2 Å². The number of nitrogens with zero attached hydrogens (tertiary/aromatic N) is 1. The van der Waals surface area contributed by atoms with Crippen LogP contribution in [0.1, 0.15) is 31.9 Å². The van der Waals surface area contributed by atoms with E-state index in [1.807, 2.05) is 0 Å². The molecule has 14 heteroatoms. The van der Waals surface area contributed by atoms with Crippen molar-refractivity contribution < 1.29 is 29.4 Å². The van der Waals surface area contributed by atoms with Crippen molar-refractivity contribution in [3.63, 3.8) is 0 Å². The van der Waals surface area contributed by atoms with E-state index in [1.165, 1.54) is 19.4 Å². The first-order valence-electron chi connectivity index (χ1n) is 10.5. The summed E-state index contributed by atoms with van der Waals surface area (Å²) in [5, 5.41) is 26.4. The van der Waals surface area contributed by atoms with E-state index >= 15 is 0 Å². The molecule has 0 spiro atoms. The first-order chi connectivity index (χ1) is 15.6. The standard InChI is InChI=1S/C19H33N7O6S/c1-10(27)15(26-16(28)12(21)6-11-7-22-9-23-11)18(30)25-14(8-33)17(29)24-13(19(31)32)4-2-3-5-20/h7,9-10,12-15,27,33H,2-6,8,20-21H2,1H3,(H,22,23)(H,24,29)(H,25,30)(H,26,28)(H,31,32). The second kappa shape index (κ2) is 14.5. The molecular weight excluding hydrogens is 454 g/mol. The van der Waals surface area contributed by atoms with Gasteiger partial charge in [0, 0.05) is 24.1 Å². The number of H-pyrrole nitrogens is 1. The number of carboxylic acids is 1. The Morgan fingerprint density at radius 2 is 1.79 bits per heavy atom. The smallest absolute Gasteiger partial charge is 0.326 e. The average Bonchev–Trinajstić information content (AvgIpc) is 3.27. The Bertz CT molecular complexity index is 777. The van der Waals surface area contributed by atoms with Crippen LogP contribution in [0.2, 0.25) is 0 Å². The van der Waals surface area contributed by atoms with Crippen LogP contribution in [0.15, 0.2) is 12.5 Å². The van der Waals surface area contributed by atoms with E-state index in [4.69, 9.17) is 11.5 Å². The van der Waals surface area contributed by atoms with Crippen LogP contribution in [-0.4, -0.2) is 86.4 Å². The summed E-state index contributed by atoms with van der Waals surface area (Å²) in [6, 6.07) is -4.78. The van der Waals surface area contributed by atoms with Crippen molar-refractivity contribution in [3.8, 4) is 0 Å². The van der Waals surface area contributed by atoms with Gasteiger partial charge in [0.05, 0.1) is 18.5 Å². The van der Waals surface area contributed by atoms with E-state index in [2.05, 4.69) is 38.5 Å². The first kappa shape index (κ1) is 28.4. The molecule has 1 aromatic rings. The lowest BCUT2D eigenvalue weighted by Crippen LogP contribution is -2.60. The van der Waals surface area contributed by atoms with Crippen molar-refractivity contribution >= 4 is 36.3 Å². The molecule has 0 saturated heterocycles. The zero-order chi connectivity index (χ0) is 25.0. The summed E-state index contributed by atoms with van der Waals surface area (Å²) in [6.07, 6.45) is 3.03. The third kappa shape index (κ3) is 9.77. The second-order valence-electron chi connectivity index (χ2n) is 7.54. The topological polar surface area (TPSA) is 226 Å². The number of carbonyl (C=O) groups excluding carboxylic acids is 3. The van der Waals surface area contributed by atoms with E-state index in [-0.39, 0.29) is 18.6 Å². The highest BCUT2D eigenvalue weighted by Gasteiger charge is 2.32. The quantitative estimate of drug-likeness (QED) is 0.0922. The van der Waals surface area contributed by atoms with Gasteiger partial charge in [0.2, 0.25) is 17.7 Å². The number of aromatic nitrogens is 2.